The molecule has 0 amide bonds. The van der Waals surface area contributed by atoms with Crippen LogP contribution in [0.4, 0.5) is 0 Å². The molecule has 1 saturated heterocycles. The van der Waals surface area contributed by atoms with Crippen molar-refractivity contribution in [3.63, 3.8) is 0 Å². The predicted molar refractivity (Wildman–Crippen MR) is 74.8 cm³/mol. The molecule has 1 aliphatic rings. The molecule has 0 saturated carbocycles. The number of nitrogens with zero attached hydrogens (tertiary/aromatic N) is 2. The van der Waals surface area contributed by atoms with E-state index in [2.05, 4.69) is 36.8 Å². The molecule has 1 aromatic rings. The van der Waals surface area contributed by atoms with Crippen LogP contribution in [0.5, 0.6) is 0 Å². The molecule has 1 fully saturated rings. The zero-order valence-corrected chi connectivity index (χ0v) is 11.9. The number of hydrogen-bond donors (Lipinski definition) is 0. The number of furan rings is 1. The largest absolute Gasteiger partial charge is 0.469 e. The third-order valence-corrected chi connectivity index (χ3v) is 4.07. The molecule has 1 aromatic heterocycles. The maximum atomic E-state index is 5.59. The minimum absolute atomic E-state index is 0.555. The molecule has 0 bridgehead atoms. The minimum Gasteiger partial charge on any atom is -0.469 e. The van der Waals surface area contributed by atoms with Crippen LogP contribution in [0.15, 0.2) is 22.8 Å². The highest BCUT2D eigenvalue weighted by molar-refractivity contribution is 5.06. The van der Waals surface area contributed by atoms with Gasteiger partial charge in [-0.25, -0.2) is 0 Å². The topological polar surface area (TPSA) is 19.6 Å². The van der Waals surface area contributed by atoms with Crippen LogP contribution in [0.2, 0.25) is 0 Å². The molecule has 0 aromatic carbocycles. The smallest absolute Gasteiger partial charge is 0.107 e. The molecule has 0 radical (unpaired) electrons. The second-order valence-corrected chi connectivity index (χ2v) is 5.80. The highest BCUT2D eigenvalue weighted by Gasteiger charge is 2.21. The monoisotopic (exact) mass is 250 g/mol. The normalized spacial score (nSPS) is 20.4. The van der Waals surface area contributed by atoms with Gasteiger partial charge in [0.05, 0.1) is 6.26 Å². The predicted octanol–water partition coefficient (Wildman–Crippen LogP) is 2.66. The molecule has 1 atom stereocenters. The Morgan fingerprint density at radius 2 is 1.94 bits per heavy atom. The van der Waals surface area contributed by atoms with Crippen LogP contribution >= 0.6 is 0 Å². The summed E-state index contributed by atoms with van der Waals surface area (Å²) in [6.45, 7) is 10.6. The molecule has 0 unspecified atom stereocenters. The third kappa shape index (κ3) is 3.59. The van der Waals surface area contributed by atoms with Gasteiger partial charge in [-0.1, -0.05) is 13.8 Å². The lowest BCUT2D eigenvalue weighted by Crippen LogP contribution is -2.45. The van der Waals surface area contributed by atoms with Gasteiger partial charge in [0.25, 0.3) is 0 Å². The summed E-state index contributed by atoms with van der Waals surface area (Å²) < 4.78 is 5.59. The van der Waals surface area contributed by atoms with E-state index in [1.54, 1.807) is 6.26 Å². The lowest BCUT2D eigenvalue weighted by molar-refractivity contribution is 0.146. The quantitative estimate of drug-likeness (QED) is 0.801. The van der Waals surface area contributed by atoms with Crippen molar-refractivity contribution in [2.75, 3.05) is 39.8 Å². The van der Waals surface area contributed by atoms with Crippen molar-refractivity contribution >= 4 is 0 Å². The van der Waals surface area contributed by atoms with E-state index in [0.29, 0.717) is 11.8 Å². The van der Waals surface area contributed by atoms with Crippen LogP contribution < -0.4 is 0 Å². The molecule has 1 aliphatic heterocycles. The number of rotatable bonds is 5. The highest BCUT2D eigenvalue weighted by Crippen LogP contribution is 2.28. The van der Waals surface area contributed by atoms with Gasteiger partial charge in [-0.2, -0.15) is 0 Å². The molecule has 2 heterocycles. The van der Waals surface area contributed by atoms with E-state index in [-0.39, 0.29) is 0 Å². The summed E-state index contributed by atoms with van der Waals surface area (Å²) in [5.41, 5.74) is 0. The Kier molecular flexibility index (Phi) is 4.84. The van der Waals surface area contributed by atoms with Crippen molar-refractivity contribution < 1.29 is 4.42 Å². The lowest BCUT2D eigenvalue weighted by Gasteiger charge is -2.33. The molecule has 0 N–H and O–H groups in total. The van der Waals surface area contributed by atoms with Crippen molar-refractivity contribution in [2.24, 2.45) is 5.92 Å². The molecule has 3 heteroatoms. The summed E-state index contributed by atoms with van der Waals surface area (Å²) in [7, 11) is 2.21. The fourth-order valence-corrected chi connectivity index (χ4v) is 2.70. The van der Waals surface area contributed by atoms with Crippen molar-refractivity contribution in [1.82, 2.24) is 9.80 Å². The van der Waals surface area contributed by atoms with Gasteiger partial charge in [0.15, 0.2) is 0 Å². The van der Waals surface area contributed by atoms with Crippen LogP contribution in [0.1, 0.15) is 31.9 Å². The van der Waals surface area contributed by atoms with Crippen LogP contribution in [0.3, 0.4) is 0 Å². The first kappa shape index (κ1) is 13.6. The number of likely N-dealkylation sites (N-methyl/N-ethyl adjacent to an activating group) is 1. The van der Waals surface area contributed by atoms with E-state index in [0.717, 1.165) is 5.76 Å². The second kappa shape index (κ2) is 6.39. The molecule has 2 rings (SSSR count). The van der Waals surface area contributed by atoms with Crippen molar-refractivity contribution in [3.8, 4) is 0 Å². The van der Waals surface area contributed by atoms with E-state index in [1.807, 2.05) is 6.07 Å². The Labute approximate surface area is 111 Å². The van der Waals surface area contributed by atoms with E-state index < -0.39 is 0 Å². The molecular weight excluding hydrogens is 224 g/mol. The Morgan fingerprint density at radius 1 is 1.22 bits per heavy atom. The summed E-state index contributed by atoms with van der Waals surface area (Å²) in [4.78, 5) is 4.99. The first-order valence-electron chi connectivity index (χ1n) is 7.11. The Balaban J connectivity index is 1.83. The standard InChI is InChI=1S/C15H26N2O/c1-13(2)14(15-5-4-12-18-15)6-7-17-10-8-16(3)9-11-17/h4-5,12-14H,6-11H2,1-3H3/t14-/m0/s1. The van der Waals surface area contributed by atoms with Gasteiger partial charge in [-0.3, -0.25) is 0 Å². The van der Waals surface area contributed by atoms with Gasteiger partial charge < -0.3 is 14.2 Å². The van der Waals surface area contributed by atoms with Gasteiger partial charge in [0, 0.05) is 32.1 Å². The zero-order chi connectivity index (χ0) is 13.0. The lowest BCUT2D eigenvalue weighted by atomic mass is 9.90. The van der Waals surface area contributed by atoms with Crippen molar-refractivity contribution in [1.29, 1.82) is 0 Å². The van der Waals surface area contributed by atoms with Crippen LogP contribution in [0, 0.1) is 5.92 Å². The minimum atomic E-state index is 0.555. The maximum absolute atomic E-state index is 5.59. The van der Waals surface area contributed by atoms with Gasteiger partial charge >= 0.3 is 0 Å². The Bertz CT molecular complexity index is 326. The van der Waals surface area contributed by atoms with E-state index >= 15 is 0 Å². The molecule has 0 aliphatic carbocycles. The van der Waals surface area contributed by atoms with Gasteiger partial charge in [0.1, 0.15) is 5.76 Å². The van der Waals surface area contributed by atoms with Gasteiger partial charge in [-0.15, -0.1) is 0 Å². The SMILES string of the molecule is CC(C)[C@H](CCN1CCN(C)CC1)c1ccco1. The Hall–Kier alpha value is -0.800. The second-order valence-electron chi connectivity index (χ2n) is 5.80. The van der Waals surface area contributed by atoms with Crippen LogP contribution in [-0.4, -0.2) is 49.6 Å². The highest BCUT2D eigenvalue weighted by atomic mass is 16.3. The fraction of sp³-hybridized carbons (Fsp3) is 0.733. The summed E-state index contributed by atoms with van der Waals surface area (Å²) >= 11 is 0. The molecule has 102 valence electrons. The van der Waals surface area contributed by atoms with Crippen molar-refractivity contribution in [2.45, 2.75) is 26.2 Å². The van der Waals surface area contributed by atoms with E-state index in [4.69, 9.17) is 4.42 Å². The summed E-state index contributed by atoms with van der Waals surface area (Å²) in [6.07, 6.45) is 3.00. The Morgan fingerprint density at radius 3 is 2.50 bits per heavy atom. The summed E-state index contributed by atoms with van der Waals surface area (Å²) in [5, 5.41) is 0. The van der Waals surface area contributed by atoms with Crippen LogP contribution in [0.25, 0.3) is 0 Å². The third-order valence-electron chi connectivity index (χ3n) is 4.07. The zero-order valence-electron chi connectivity index (χ0n) is 11.9. The first-order chi connectivity index (χ1) is 8.66. The summed E-state index contributed by atoms with van der Waals surface area (Å²) in [5.74, 6) is 2.35. The van der Waals surface area contributed by atoms with Gasteiger partial charge in [0.2, 0.25) is 0 Å². The average Bonchev–Trinajstić information content (AvgIpc) is 2.85. The molecule has 0 spiro atoms. The van der Waals surface area contributed by atoms with Crippen LogP contribution in [-0.2, 0) is 0 Å². The fourth-order valence-electron chi connectivity index (χ4n) is 2.70. The van der Waals surface area contributed by atoms with Crippen molar-refractivity contribution in [3.05, 3.63) is 24.2 Å². The first-order valence-corrected chi connectivity index (χ1v) is 7.11. The maximum Gasteiger partial charge on any atom is 0.107 e. The van der Waals surface area contributed by atoms with Gasteiger partial charge in [-0.05, 0) is 38.1 Å². The van der Waals surface area contributed by atoms with E-state index in [9.17, 15) is 0 Å². The average molecular weight is 250 g/mol. The van der Waals surface area contributed by atoms with E-state index in [1.165, 1.54) is 39.1 Å². The number of piperazine rings is 1. The molecule has 18 heavy (non-hydrogen) atoms. The molecular formula is C15H26N2O. The number of hydrogen-bond acceptors (Lipinski definition) is 3. The molecule has 3 nitrogen and oxygen atoms in total. The summed E-state index contributed by atoms with van der Waals surface area (Å²) in [6, 6.07) is 4.12.